The molecule has 0 amide bonds. The third-order valence-electron chi connectivity index (χ3n) is 2.38. The van der Waals surface area contributed by atoms with Crippen molar-refractivity contribution in [2.45, 2.75) is 19.9 Å². The smallest absolute Gasteiger partial charge is 0.224 e. The first kappa shape index (κ1) is 13.1. The maximum absolute atomic E-state index is 5.93. The Bertz CT molecular complexity index is 514. The Morgan fingerprint density at radius 1 is 1.39 bits per heavy atom. The van der Waals surface area contributed by atoms with Gasteiger partial charge in [0.1, 0.15) is 5.82 Å². The molecule has 18 heavy (non-hydrogen) atoms. The molecule has 0 fully saturated rings. The van der Waals surface area contributed by atoms with Gasteiger partial charge in [-0.05, 0) is 32.0 Å². The average molecular weight is 283 g/mol. The second-order valence-corrected chi connectivity index (χ2v) is 5.55. The summed E-state index contributed by atoms with van der Waals surface area (Å²) in [6.07, 6.45) is 1.74. The van der Waals surface area contributed by atoms with E-state index in [9.17, 15) is 0 Å². The lowest BCUT2D eigenvalue weighted by Gasteiger charge is -2.13. The highest BCUT2D eigenvalue weighted by molar-refractivity contribution is 7.16. The molecule has 6 heteroatoms. The number of nitrogens with one attached hydrogen (secondary N) is 2. The minimum Gasteiger partial charge on any atom is -0.363 e. The molecule has 0 bridgehead atoms. The van der Waals surface area contributed by atoms with Gasteiger partial charge in [0.05, 0.1) is 10.4 Å². The third kappa shape index (κ3) is 3.34. The zero-order valence-electron chi connectivity index (χ0n) is 10.3. The van der Waals surface area contributed by atoms with Crippen LogP contribution in [0.3, 0.4) is 0 Å². The first-order valence-corrected chi connectivity index (χ1v) is 6.97. The first-order valence-electron chi connectivity index (χ1n) is 5.77. The average Bonchev–Trinajstić information content (AvgIpc) is 2.77. The van der Waals surface area contributed by atoms with Gasteiger partial charge < -0.3 is 10.6 Å². The van der Waals surface area contributed by atoms with Crippen LogP contribution in [0.2, 0.25) is 4.34 Å². The Morgan fingerprint density at radius 3 is 2.89 bits per heavy atom. The highest BCUT2D eigenvalue weighted by Gasteiger charge is 2.09. The van der Waals surface area contributed by atoms with Gasteiger partial charge in [-0.3, -0.25) is 0 Å². The second kappa shape index (κ2) is 6.02. The number of nitrogens with zero attached hydrogens (tertiary/aromatic N) is 2. The number of hydrogen-bond donors (Lipinski definition) is 2. The Kier molecular flexibility index (Phi) is 4.38. The lowest BCUT2D eigenvalue weighted by atomic mass is 10.3. The van der Waals surface area contributed by atoms with Crippen LogP contribution in [0.1, 0.15) is 24.8 Å². The molecule has 0 aliphatic rings. The summed E-state index contributed by atoms with van der Waals surface area (Å²) in [6.45, 7) is 4.90. The van der Waals surface area contributed by atoms with Crippen LogP contribution in [0.15, 0.2) is 24.4 Å². The van der Waals surface area contributed by atoms with Gasteiger partial charge in [-0.1, -0.05) is 11.6 Å². The Balaban J connectivity index is 2.06. The summed E-state index contributed by atoms with van der Waals surface area (Å²) in [6, 6.07) is 5.96. The van der Waals surface area contributed by atoms with Crippen molar-refractivity contribution in [1.29, 1.82) is 0 Å². The van der Waals surface area contributed by atoms with Crippen LogP contribution in [0, 0.1) is 0 Å². The van der Waals surface area contributed by atoms with Gasteiger partial charge in [0, 0.05) is 17.6 Å². The van der Waals surface area contributed by atoms with E-state index in [1.165, 1.54) is 4.88 Å². The standard InChI is InChI=1S/C12H15ClN4S/c1-3-14-12-15-7-6-11(17-12)16-8(2)9-4-5-10(13)18-9/h4-8H,3H2,1-2H3,(H2,14,15,16,17). The lowest BCUT2D eigenvalue weighted by molar-refractivity contribution is 0.892. The maximum Gasteiger partial charge on any atom is 0.224 e. The fraction of sp³-hybridized carbons (Fsp3) is 0.333. The van der Waals surface area contributed by atoms with E-state index in [2.05, 4.69) is 27.5 Å². The van der Waals surface area contributed by atoms with Crippen LogP contribution < -0.4 is 10.6 Å². The van der Waals surface area contributed by atoms with E-state index in [0.29, 0.717) is 5.95 Å². The zero-order valence-corrected chi connectivity index (χ0v) is 11.8. The van der Waals surface area contributed by atoms with Crippen LogP contribution in [-0.4, -0.2) is 16.5 Å². The Morgan fingerprint density at radius 2 is 2.22 bits per heavy atom. The van der Waals surface area contributed by atoms with Crippen molar-refractivity contribution < 1.29 is 0 Å². The predicted molar refractivity (Wildman–Crippen MR) is 77.6 cm³/mol. The summed E-state index contributed by atoms with van der Waals surface area (Å²) >= 11 is 7.50. The molecule has 0 aliphatic carbocycles. The molecule has 0 aromatic carbocycles. The fourth-order valence-corrected chi connectivity index (χ4v) is 2.60. The van der Waals surface area contributed by atoms with E-state index in [0.717, 1.165) is 16.7 Å². The normalized spacial score (nSPS) is 12.2. The molecule has 0 aliphatic heterocycles. The lowest BCUT2D eigenvalue weighted by Crippen LogP contribution is -2.08. The molecule has 2 rings (SSSR count). The highest BCUT2D eigenvalue weighted by Crippen LogP contribution is 2.28. The van der Waals surface area contributed by atoms with E-state index in [-0.39, 0.29) is 6.04 Å². The number of aromatic nitrogens is 2. The summed E-state index contributed by atoms with van der Waals surface area (Å²) in [5, 5.41) is 6.42. The SMILES string of the molecule is CCNc1nccc(NC(C)c2ccc(Cl)s2)n1. The van der Waals surface area contributed by atoms with Crippen molar-refractivity contribution in [2.24, 2.45) is 0 Å². The van der Waals surface area contributed by atoms with Crippen LogP contribution in [-0.2, 0) is 0 Å². The number of halogens is 1. The highest BCUT2D eigenvalue weighted by atomic mass is 35.5. The largest absolute Gasteiger partial charge is 0.363 e. The second-order valence-electron chi connectivity index (χ2n) is 3.80. The monoisotopic (exact) mass is 282 g/mol. The summed E-state index contributed by atoms with van der Waals surface area (Å²) in [4.78, 5) is 9.69. The van der Waals surface area contributed by atoms with Gasteiger partial charge in [-0.25, -0.2) is 4.98 Å². The van der Waals surface area contributed by atoms with Gasteiger partial charge >= 0.3 is 0 Å². The van der Waals surface area contributed by atoms with Gasteiger partial charge in [0.25, 0.3) is 0 Å². The molecule has 1 atom stereocenters. The molecule has 0 spiro atoms. The van der Waals surface area contributed by atoms with Crippen molar-refractivity contribution >= 4 is 34.7 Å². The van der Waals surface area contributed by atoms with Crippen LogP contribution >= 0.6 is 22.9 Å². The number of hydrogen-bond acceptors (Lipinski definition) is 5. The molecule has 2 heterocycles. The quantitative estimate of drug-likeness (QED) is 0.876. The predicted octanol–water partition coefficient (Wildman–Crippen LogP) is 3.80. The van der Waals surface area contributed by atoms with Crippen LogP contribution in [0.4, 0.5) is 11.8 Å². The Labute approximate surface area is 115 Å². The van der Waals surface area contributed by atoms with Gasteiger partial charge in [-0.2, -0.15) is 4.98 Å². The molecule has 2 aromatic heterocycles. The molecule has 1 unspecified atom stereocenters. The van der Waals surface area contributed by atoms with E-state index in [1.54, 1.807) is 17.5 Å². The summed E-state index contributed by atoms with van der Waals surface area (Å²) in [5.41, 5.74) is 0. The van der Waals surface area contributed by atoms with E-state index in [4.69, 9.17) is 11.6 Å². The van der Waals surface area contributed by atoms with Crippen LogP contribution in [0.25, 0.3) is 0 Å². The fourth-order valence-electron chi connectivity index (χ4n) is 1.54. The molecule has 2 aromatic rings. The van der Waals surface area contributed by atoms with E-state index in [1.807, 2.05) is 25.1 Å². The van der Waals surface area contributed by atoms with Gasteiger partial charge in [0.15, 0.2) is 0 Å². The summed E-state index contributed by atoms with van der Waals surface area (Å²) in [5.74, 6) is 1.44. The van der Waals surface area contributed by atoms with Crippen molar-refractivity contribution in [1.82, 2.24) is 9.97 Å². The van der Waals surface area contributed by atoms with E-state index < -0.39 is 0 Å². The molecule has 2 N–H and O–H groups in total. The number of anilines is 2. The zero-order chi connectivity index (χ0) is 13.0. The molecular weight excluding hydrogens is 268 g/mol. The first-order chi connectivity index (χ1) is 8.69. The van der Waals surface area contributed by atoms with Gasteiger partial charge in [0.2, 0.25) is 5.95 Å². The molecule has 0 saturated heterocycles. The molecular formula is C12H15ClN4S. The van der Waals surface area contributed by atoms with Crippen LogP contribution in [0.5, 0.6) is 0 Å². The molecule has 0 saturated carbocycles. The van der Waals surface area contributed by atoms with Crippen molar-refractivity contribution in [3.63, 3.8) is 0 Å². The number of rotatable bonds is 5. The molecule has 0 radical (unpaired) electrons. The van der Waals surface area contributed by atoms with Gasteiger partial charge in [-0.15, -0.1) is 11.3 Å². The summed E-state index contributed by atoms with van der Waals surface area (Å²) < 4.78 is 0.801. The van der Waals surface area contributed by atoms with Crippen molar-refractivity contribution in [3.8, 4) is 0 Å². The molecule has 4 nitrogen and oxygen atoms in total. The van der Waals surface area contributed by atoms with E-state index >= 15 is 0 Å². The minimum atomic E-state index is 0.173. The third-order valence-corrected chi connectivity index (χ3v) is 3.79. The minimum absolute atomic E-state index is 0.173. The topological polar surface area (TPSA) is 49.8 Å². The molecule has 96 valence electrons. The number of thiophene rings is 1. The Hall–Kier alpha value is -1.33. The van der Waals surface area contributed by atoms with Crippen molar-refractivity contribution in [2.75, 3.05) is 17.2 Å². The van der Waals surface area contributed by atoms with Crippen molar-refractivity contribution in [3.05, 3.63) is 33.6 Å². The maximum atomic E-state index is 5.93. The summed E-state index contributed by atoms with van der Waals surface area (Å²) in [7, 11) is 0.